The molecule has 1 aliphatic rings. The predicted molar refractivity (Wildman–Crippen MR) is 43.8 cm³/mol. The van der Waals surface area contributed by atoms with Gasteiger partial charge >= 0.3 is 5.69 Å². The number of H-pyrrole nitrogens is 1. The number of imidazole rings is 1. The molecule has 1 aromatic heterocycles. The molecule has 66 valence electrons. The van der Waals surface area contributed by atoms with Gasteiger partial charge in [0.25, 0.3) is 0 Å². The molecule has 4 nitrogen and oxygen atoms in total. The highest BCUT2D eigenvalue weighted by Crippen LogP contribution is 2.46. The predicted octanol–water partition coefficient (Wildman–Crippen LogP) is -0.0511. The van der Waals surface area contributed by atoms with Gasteiger partial charge in [0.15, 0.2) is 0 Å². The van der Waals surface area contributed by atoms with Crippen LogP contribution in [0, 0.1) is 5.41 Å². The van der Waals surface area contributed by atoms with Crippen LogP contribution < -0.4 is 5.69 Å². The summed E-state index contributed by atoms with van der Waals surface area (Å²) in [4.78, 5) is 13.6. The number of rotatable bonds is 3. The van der Waals surface area contributed by atoms with Crippen LogP contribution in [0.2, 0.25) is 0 Å². The highest BCUT2D eigenvalue weighted by Gasteiger charge is 2.42. The lowest BCUT2D eigenvalue weighted by molar-refractivity contribution is 0.193. The number of aromatic nitrogens is 2. The minimum absolute atomic E-state index is 0.00597. The number of hydrogen-bond donors (Lipinski definition) is 2. The normalized spacial score (nSPS) is 19.4. The topological polar surface area (TPSA) is 58.0 Å². The molecule has 4 heteroatoms. The van der Waals surface area contributed by atoms with E-state index in [1.165, 1.54) is 0 Å². The van der Waals surface area contributed by atoms with E-state index in [9.17, 15) is 4.79 Å². The fourth-order valence-corrected chi connectivity index (χ4v) is 1.38. The maximum atomic E-state index is 11.1. The van der Waals surface area contributed by atoms with Crippen molar-refractivity contribution >= 4 is 0 Å². The summed E-state index contributed by atoms with van der Waals surface area (Å²) in [5.41, 5.74) is -0.0822. The van der Waals surface area contributed by atoms with E-state index in [-0.39, 0.29) is 17.7 Å². The monoisotopic (exact) mass is 168 g/mol. The molecule has 1 heterocycles. The van der Waals surface area contributed by atoms with E-state index in [0.717, 1.165) is 12.8 Å². The molecule has 1 fully saturated rings. The zero-order valence-electron chi connectivity index (χ0n) is 6.79. The van der Waals surface area contributed by atoms with Crippen molar-refractivity contribution in [1.82, 2.24) is 9.55 Å². The van der Waals surface area contributed by atoms with Crippen LogP contribution in [-0.2, 0) is 6.54 Å². The van der Waals surface area contributed by atoms with Crippen molar-refractivity contribution in [2.75, 3.05) is 6.61 Å². The van der Waals surface area contributed by atoms with Gasteiger partial charge in [-0.25, -0.2) is 4.79 Å². The Hall–Kier alpha value is -1.03. The van der Waals surface area contributed by atoms with Crippen LogP contribution in [0.5, 0.6) is 0 Å². The Morgan fingerprint density at radius 2 is 2.42 bits per heavy atom. The zero-order valence-corrected chi connectivity index (χ0v) is 6.79. The van der Waals surface area contributed by atoms with Crippen LogP contribution in [0.1, 0.15) is 12.8 Å². The number of nitrogens with zero attached hydrogens (tertiary/aromatic N) is 1. The molecule has 0 aromatic carbocycles. The number of aromatic amines is 1. The Morgan fingerprint density at radius 3 is 2.83 bits per heavy atom. The van der Waals surface area contributed by atoms with Crippen molar-refractivity contribution in [3.8, 4) is 0 Å². The zero-order chi connectivity index (χ0) is 8.60. The molecule has 1 aromatic rings. The summed E-state index contributed by atoms with van der Waals surface area (Å²) < 4.78 is 1.61. The molecular formula is C8H12N2O2. The number of hydrogen-bond acceptors (Lipinski definition) is 2. The van der Waals surface area contributed by atoms with Gasteiger partial charge in [-0.2, -0.15) is 0 Å². The van der Waals surface area contributed by atoms with Gasteiger partial charge in [0.2, 0.25) is 0 Å². The summed E-state index contributed by atoms with van der Waals surface area (Å²) in [6.07, 6.45) is 5.40. The SMILES string of the molecule is O=c1[nH]ccn1CC1(CO)CC1. The molecule has 0 spiro atoms. The lowest BCUT2D eigenvalue weighted by Crippen LogP contribution is -2.23. The number of aliphatic hydroxyl groups is 1. The van der Waals surface area contributed by atoms with Gasteiger partial charge in [0, 0.05) is 24.4 Å². The fraction of sp³-hybridized carbons (Fsp3) is 0.625. The highest BCUT2D eigenvalue weighted by atomic mass is 16.3. The molecule has 0 radical (unpaired) electrons. The van der Waals surface area contributed by atoms with Crippen molar-refractivity contribution in [2.45, 2.75) is 19.4 Å². The molecule has 2 rings (SSSR count). The highest BCUT2D eigenvalue weighted by molar-refractivity contribution is 4.94. The van der Waals surface area contributed by atoms with E-state index in [0.29, 0.717) is 6.54 Å². The Balaban J connectivity index is 2.14. The van der Waals surface area contributed by atoms with Gasteiger partial charge in [-0.15, -0.1) is 0 Å². The second kappa shape index (κ2) is 2.48. The standard InChI is InChI=1S/C8H12N2O2/c11-6-8(1-2-8)5-10-4-3-9-7(10)12/h3-4,11H,1-2,5-6H2,(H,9,12). The molecule has 0 unspecified atom stereocenters. The summed E-state index contributed by atoms with van der Waals surface area (Å²) >= 11 is 0. The second-order valence-corrected chi connectivity index (χ2v) is 3.55. The van der Waals surface area contributed by atoms with Gasteiger partial charge in [0.05, 0.1) is 6.61 Å². The lowest BCUT2D eigenvalue weighted by Gasteiger charge is -2.10. The molecule has 0 saturated heterocycles. The molecule has 1 aliphatic carbocycles. The van der Waals surface area contributed by atoms with E-state index in [1.54, 1.807) is 17.0 Å². The molecule has 0 aliphatic heterocycles. The molecular weight excluding hydrogens is 156 g/mol. The van der Waals surface area contributed by atoms with Crippen LogP contribution in [0.4, 0.5) is 0 Å². The van der Waals surface area contributed by atoms with Crippen molar-refractivity contribution in [2.24, 2.45) is 5.41 Å². The molecule has 12 heavy (non-hydrogen) atoms. The first-order chi connectivity index (χ1) is 5.76. The lowest BCUT2D eigenvalue weighted by atomic mass is 10.1. The second-order valence-electron chi connectivity index (χ2n) is 3.55. The molecule has 2 N–H and O–H groups in total. The molecule has 0 bridgehead atoms. The third-order valence-corrected chi connectivity index (χ3v) is 2.52. The van der Waals surface area contributed by atoms with E-state index in [4.69, 9.17) is 5.11 Å². The van der Waals surface area contributed by atoms with Crippen molar-refractivity contribution in [3.63, 3.8) is 0 Å². The van der Waals surface area contributed by atoms with Crippen molar-refractivity contribution < 1.29 is 5.11 Å². The first-order valence-electron chi connectivity index (χ1n) is 4.10. The fourth-order valence-electron chi connectivity index (χ4n) is 1.38. The first-order valence-corrected chi connectivity index (χ1v) is 4.10. The van der Waals surface area contributed by atoms with Gasteiger partial charge in [-0.05, 0) is 12.8 Å². The van der Waals surface area contributed by atoms with Crippen LogP contribution in [-0.4, -0.2) is 21.3 Å². The van der Waals surface area contributed by atoms with E-state index < -0.39 is 0 Å². The van der Waals surface area contributed by atoms with Crippen LogP contribution in [0.15, 0.2) is 17.2 Å². The van der Waals surface area contributed by atoms with Crippen LogP contribution >= 0.6 is 0 Å². The Bertz CT molecular complexity index is 322. The van der Waals surface area contributed by atoms with E-state index >= 15 is 0 Å². The maximum Gasteiger partial charge on any atom is 0.325 e. The van der Waals surface area contributed by atoms with Crippen molar-refractivity contribution in [1.29, 1.82) is 0 Å². The molecule has 0 atom stereocenters. The largest absolute Gasteiger partial charge is 0.396 e. The van der Waals surface area contributed by atoms with Gasteiger partial charge in [-0.3, -0.25) is 4.57 Å². The number of aliphatic hydroxyl groups excluding tert-OH is 1. The van der Waals surface area contributed by atoms with Crippen molar-refractivity contribution in [3.05, 3.63) is 22.9 Å². The van der Waals surface area contributed by atoms with Crippen LogP contribution in [0.25, 0.3) is 0 Å². The summed E-state index contributed by atoms with van der Waals surface area (Å²) in [7, 11) is 0. The number of nitrogens with one attached hydrogen (secondary N) is 1. The molecule has 0 amide bonds. The quantitative estimate of drug-likeness (QED) is 0.664. The summed E-state index contributed by atoms with van der Waals surface area (Å²) in [5.74, 6) is 0. The van der Waals surface area contributed by atoms with Gasteiger partial charge in [0.1, 0.15) is 0 Å². The minimum atomic E-state index is -0.0882. The van der Waals surface area contributed by atoms with Gasteiger partial charge < -0.3 is 10.1 Å². The smallest absolute Gasteiger partial charge is 0.325 e. The average Bonchev–Trinajstić information content (AvgIpc) is 2.74. The van der Waals surface area contributed by atoms with E-state index in [1.807, 2.05) is 0 Å². The van der Waals surface area contributed by atoms with Crippen LogP contribution in [0.3, 0.4) is 0 Å². The average molecular weight is 168 g/mol. The van der Waals surface area contributed by atoms with Gasteiger partial charge in [-0.1, -0.05) is 0 Å². The molecule has 1 saturated carbocycles. The minimum Gasteiger partial charge on any atom is -0.396 e. The third kappa shape index (κ3) is 1.18. The third-order valence-electron chi connectivity index (χ3n) is 2.52. The summed E-state index contributed by atoms with van der Waals surface area (Å²) in [5, 5.41) is 9.02. The maximum absolute atomic E-state index is 11.1. The summed E-state index contributed by atoms with van der Waals surface area (Å²) in [6.45, 7) is 0.830. The Morgan fingerprint density at radius 1 is 1.67 bits per heavy atom. The summed E-state index contributed by atoms with van der Waals surface area (Å²) in [6, 6.07) is 0. The Kier molecular flexibility index (Phi) is 1.58. The van der Waals surface area contributed by atoms with E-state index in [2.05, 4.69) is 4.98 Å². The Labute approximate surface area is 69.8 Å². The first kappa shape index (κ1) is 7.61.